The number of nitrogens with zero attached hydrogens (tertiary/aromatic N) is 3. The zero-order valence-electron chi connectivity index (χ0n) is 15.9. The molecule has 13 heteroatoms. The van der Waals surface area contributed by atoms with Crippen molar-refractivity contribution in [3.8, 4) is 11.4 Å². The van der Waals surface area contributed by atoms with Crippen LogP contribution in [0.3, 0.4) is 0 Å². The second kappa shape index (κ2) is 7.59. The predicted octanol–water partition coefficient (Wildman–Crippen LogP) is 4.56. The van der Waals surface area contributed by atoms with Gasteiger partial charge in [-0.3, -0.25) is 0 Å². The van der Waals surface area contributed by atoms with E-state index in [2.05, 4.69) is 10.1 Å². The Morgan fingerprint density at radius 3 is 2.12 bits per heavy atom. The fourth-order valence-electron chi connectivity index (χ4n) is 3.13. The lowest BCUT2D eigenvalue weighted by Crippen LogP contribution is -2.48. The first kappa shape index (κ1) is 22.3. The Morgan fingerprint density at radius 1 is 0.906 bits per heavy atom. The minimum atomic E-state index is -4.69. The highest BCUT2D eigenvalue weighted by atomic mass is 32.2. The zero-order chi connectivity index (χ0) is 23.3. The van der Waals surface area contributed by atoms with E-state index >= 15 is 0 Å². The minimum absolute atomic E-state index is 0.0212. The maximum Gasteiger partial charge on any atom is 0.416 e. The van der Waals surface area contributed by atoms with Gasteiger partial charge in [-0.2, -0.15) is 35.6 Å². The molecule has 0 N–H and O–H groups in total. The van der Waals surface area contributed by atoms with E-state index in [9.17, 15) is 34.8 Å². The van der Waals surface area contributed by atoms with Gasteiger partial charge in [-0.15, -0.1) is 0 Å². The van der Waals surface area contributed by atoms with E-state index < -0.39 is 44.3 Å². The molecule has 0 radical (unpaired) electrons. The van der Waals surface area contributed by atoms with Crippen LogP contribution < -0.4 is 0 Å². The number of hydrogen-bond acceptors (Lipinski definition) is 5. The molecule has 6 nitrogen and oxygen atoms in total. The van der Waals surface area contributed by atoms with Gasteiger partial charge in [0.05, 0.1) is 21.9 Å². The first-order valence-electron chi connectivity index (χ1n) is 9.04. The van der Waals surface area contributed by atoms with Gasteiger partial charge >= 0.3 is 12.4 Å². The van der Waals surface area contributed by atoms with Crippen molar-refractivity contribution in [1.29, 1.82) is 0 Å². The van der Waals surface area contributed by atoms with Crippen molar-refractivity contribution >= 4 is 10.0 Å². The number of rotatable bonds is 4. The van der Waals surface area contributed by atoms with Crippen molar-refractivity contribution < 1.29 is 39.3 Å². The lowest BCUT2D eigenvalue weighted by molar-refractivity contribution is -0.138. The van der Waals surface area contributed by atoms with E-state index in [0.717, 1.165) is 34.6 Å². The lowest BCUT2D eigenvalue weighted by atomic mass is 10.0. The molecule has 1 fully saturated rings. The standard InChI is InChI=1S/C19H13F6N3O3S/c20-18(21,22)13-4-1-3-11(7-13)16-26-17(31-27-16)12-9-28(10-12)32(29,30)15-6-2-5-14(8-15)19(23,24)25/h1-8,12H,9-10H2. The predicted molar refractivity (Wildman–Crippen MR) is 97.7 cm³/mol. The fourth-order valence-corrected chi connectivity index (χ4v) is 4.70. The molecule has 0 bridgehead atoms. The van der Waals surface area contributed by atoms with Crippen LogP contribution in [0.2, 0.25) is 0 Å². The SMILES string of the molecule is O=S(=O)(c1cccc(C(F)(F)F)c1)N1CC(c2nc(-c3cccc(C(F)(F)F)c3)no2)C1. The summed E-state index contributed by atoms with van der Waals surface area (Å²) in [6.45, 7) is -0.244. The summed E-state index contributed by atoms with van der Waals surface area (Å²) in [5.74, 6) is -0.610. The van der Waals surface area contributed by atoms with Crippen molar-refractivity contribution in [2.45, 2.75) is 23.2 Å². The third kappa shape index (κ3) is 4.21. The molecule has 0 aliphatic carbocycles. The number of halogens is 6. The molecule has 1 aromatic heterocycles. The molecule has 3 aromatic rings. The van der Waals surface area contributed by atoms with Gasteiger partial charge in [0, 0.05) is 18.7 Å². The first-order chi connectivity index (χ1) is 14.9. The molecule has 0 amide bonds. The third-order valence-electron chi connectivity index (χ3n) is 4.89. The van der Waals surface area contributed by atoms with Gasteiger partial charge in [-0.1, -0.05) is 23.4 Å². The maximum absolute atomic E-state index is 12.9. The molecule has 1 aliphatic rings. The molecule has 32 heavy (non-hydrogen) atoms. The summed E-state index contributed by atoms with van der Waals surface area (Å²) in [4.78, 5) is 3.55. The number of benzene rings is 2. The van der Waals surface area contributed by atoms with Crippen molar-refractivity contribution in [1.82, 2.24) is 14.4 Å². The number of aromatic nitrogens is 2. The molecular formula is C19H13F6N3O3S. The van der Waals surface area contributed by atoms with E-state index in [-0.39, 0.29) is 30.4 Å². The highest BCUT2D eigenvalue weighted by Crippen LogP contribution is 2.36. The Hall–Kier alpha value is -2.93. The van der Waals surface area contributed by atoms with Crippen LogP contribution in [0.1, 0.15) is 22.9 Å². The summed E-state index contributed by atoms with van der Waals surface area (Å²) in [5.41, 5.74) is -1.90. The Balaban J connectivity index is 1.49. The van der Waals surface area contributed by atoms with Gasteiger partial charge in [0.15, 0.2) is 0 Å². The molecule has 170 valence electrons. The summed E-state index contributed by atoms with van der Waals surface area (Å²) in [6, 6.07) is 7.72. The largest absolute Gasteiger partial charge is 0.416 e. The van der Waals surface area contributed by atoms with Crippen LogP contribution in [0, 0.1) is 0 Å². The molecular weight excluding hydrogens is 464 g/mol. The van der Waals surface area contributed by atoms with Crippen LogP contribution in [0.15, 0.2) is 57.9 Å². The van der Waals surface area contributed by atoms with E-state index in [1.54, 1.807) is 0 Å². The van der Waals surface area contributed by atoms with E-state index in [4.69, 9.17) is 4.52 Å². The molecule has 1 saturated heterocycles. The first-order valence-corrected chi connectivity index (χ1v) is 10.5. The van der Waals surface area contributed by atoms with Crippen LogP contribution in [-0.2, 0) is 22.4 Å². The van der Waals surface area contributed by atoms with Crippen molar-refractivity contribution in [3.63, 3.8) is 0 Å². The van der Waals surface area contributed by atoms with Crippen molar-refractivity contribution in [2.75, 3.05) is 13.1 Å². The summed E-state index contributed by atoms with van der Waals surface area (Å²) < 4.78 is 108. The van der Waals surface area contributed by atoms with E-state index in [0.29, 0.717) is 6.07 Å². The topological polar surface area (TPSA) is 76.3 Å². The normalized spacial score (nSPS) is 16.2. The fraction of sp³-hybridized carbons (Fsp3) is 0.263. The monoisotopic (exact) mass is 477 g/mol. The minimum Gasteiger partial charge on any atom is -0.339 e. The van der Waals surface area contributed by atoms with Crippen molar-refractivity contribution in [3.05, 3.63) is 65.5 Å². The number of hydrogen-bond donors (Lipinski definition) is 0. The Labute approximate surface area is 177 Å². The summed E-state index contributed by atoms with van der Waals surface area (Å²) in [7, 11) is -4.17. The maximum atomic E-state index is 12.9. The Kier molecular flexibility index (Phi) is 5.28. The van der Waals surface area contributed by atoms with Gasteiger partial charge in [0.25, 0.3) is 0 Å². The smallest absolute Gasteiger partial charge is 0.339 e. The molecule has 4 rings (SSSR count). The van der Waals surface area contributed by atoms with Crippen LogP contribution >= 0.6 is 0 Å². The molecule has 2 heterocycles. The van der Waals surface area contributed by atoms with Gasteiger partial charge in [0.2, 0.25) is 21.7 Å². The Morgan fingerprint density at radius 2 is 1.50 bits per heavy atom. The molecule has 2 aromatic carbocycles. The summed E-state index contributed by atoms with van der Waals surface area (Å²) in [5, 5.41) is 3.65. The molecule has 0 saturated carbocycles. The summed E-state index contributed by atoms with van der Waals surface area (Å²) in [6.07, 6.45) is -9.23. The number of sulfonamides is 1. The zero-order valence-corrected chi connectivity index (χ0v) is 16.7. The third-order valence-corrected chi connectivity index (χ3v) is 6.71. The van der Waals surface area contributed by atoms with Gasteiger partial charge in [0.1, 0.15) is 0 Å². The van der Waals surface area contributed by atoms with Crippen LogP contribution in [0.25, 0.3) is 11.4 Å². The average molecular weight is 477 g/mol. The summed E-state index contributed by atoms with van der Waals surface area (Å²) >= 11 is 0. The second-order valence-corrected chi connectivity index (χ2v) is 9.02. The van der Waals surface area contributed by atoms with Crippen LogP contribution in [0.5, 0.6) is 0 Å². The van der Waals surface area contributed by atoms with Crippen LogP contribution in [0.4, 0.5) is 26.3 Å². The highest BCUT2D eigenvalue weighted by molar-refractivity contribution is 7.89. The van der Waals surface area contributed by atoms with E-state index in [1.807, 2.05) is 0 Å². The van der Waals surface area contributed by atoms with Gasteiger partial charge < -0.3 is 4.52 Å². The van der Waals surface area contributed by atoms with Gasteiger partial charge in [-0.25, -0.2) is 8.42 Å². The number of alkyl halides is 6. The molecule has 1 aliphatic heterocycles. The molecule has 0 spiro atoms. The molecule has 0 atom stereocenters. The van der Waals surface area contributed by atoms with Crippen molar-refractivity contribution in [2.24, 2.45) is 0 Å². The van der Waals surface area contributed by atoms with E-state index in [1.165, 1.54) is 12.1 Å². The lowest BCUT2D eigenvalue weighted by Gasteiger charge is -2.35. The van der Waals surface area contributed by atoms with Crippen LogP contribution in [-0.4, -0.2) is 36.0 Å². The van der Waals surface area contributed by atoms with Gasteiger partial charge in [-0.05, 0) is 30.3 Å². The highest BCUT2D eigenvalue weighted by Gasteiger charge is 2.41. The second-order valence-electron chi connectivity index (χ2n) is 7.08. The quantitative estimate of drug-likeness (QED) is 0.515. The Bertz CT molecular complexity index is 1250. The molecule has 0 unspecified atom stereocenters. The average Bonchev–Trinajstić information content (AvgIpc) is 3.15.